The fraction of sp³-hybridized carbons (Fsp3) is 0.455. The van der Waals surface area contributed by atoms with Crippen molar-refractivity contribution in [3.63, 3.8) is 0 Å². The Bertz CT molecular complexity index is 478. The summed E-state index contributed by atoms with van der Waals surface area (Å²) in [6.07, 6.45) is 0.953. The fourth-order valence-electron chi connectivity index (χ4n) is 1.34. The number of carbonyl (C=O) groups excluding carboxylic acids is 1. The Labute approximate surface area is 110 Å². The Hall–Kier alpha value is -2.22. The monoisotopic (exact) mass is 268 g/mol. The van der Waals surface area contributed by atoms with E-state index in [0.29, 0.717) is 6.54 Å². The molecule has 104 valence electrons. The van der Waals surface area contributed by atoms with Gasteiger partial charge in [-0.25, -0.2) is 4.98 Å². The zero-order valence-corrected chi connectivity index (χ0v) is 11.0. The normalized spacial score (nSPS) is 11.7. The predicted octanol–water partition coefficient (Wildman–Crippen LogP) is 0.796. The molecule has 0 saturated heterocycles. The number of carbonyl (C=O) groups is 1. The van der Waals surface area contributed by atoms with Crippen molar-refractivity contribution >= 4 is 17.4 Å². The van der Waals surface area contributed by atoms with Crippen molar-refractivity contribution in [2.75, 3.05) is 26.0 Å². The average Bonchev–Trinajstić information content (AvgIpc) is 2.43. The first-order valence-electron chi connectivity index (χ1n) is 5.62. The predicted molar refractivity (Wildman–Crippen MR) is 69.2 cm³/mol. The van der Waals surface area contributed by atoms with E-state index in [4.69, 9.17) is 4.74 Å². The summed E-state index contributed by atoms with van der Waals surface area (Å²) in [6.45, 7) is 2.10. The van der Waals surface area contributed by atoms with E-state index < -0.39 is 10.8 Å². The summed E-state index contributed by atoms with van der Waals surface area (Å²) in [6, 6.07) is 1.19. The number of aromatic nitrogens is 1. The SMILES string of the molecule is CNc1ncc([N+](=O)[O-])cc1C(=O)NCC(C)OC. The Balaban J connectivity index is 2.93. The molecule has 19 heavy (non-hydrogen) atoms. The molecule has 0 bridgehead atoms. The average molecular weight is 268 g/mol. The Morgan fingerprint density at radius 1 is 1.63 bits per heavy atom. The van der Waals surface area contributed by atoms with Gasteiger partial charge in [0.1, 0.15) is 12.0 Å². The Morgan fingerprint density at radius 3 is 2.84 bits per heavy atom. The van der Waals surface area contributed by atoms with Gasteiger partial charge in [0.25, 0.3) is 11.6 Å². The minimum Gasteiger partial charge on any atom is -0.380 e. The first-order chi connectivity index (χ1) is 8.99. The molecule has 8 heteroatoms. The summed E-state index contributed by atoms with van der Waals surface area (Å²) in [5.41, 5.74) is -0.107. The van der Waals surface area contributed by atoms with E-state index in [2.05, 4.69) is 15.6 Å². The van der Waals surface area contributed by atoms with Gasteiger partial charge in [0.05, 0.1) is 16.6 Å². The van der Waals surface area contributed by atoms with E-state index in [-0.39, 0.29) is 23.2 Å². The molecule has 0 aliphatic heterocycles. The second-order valence-electron chi connectivity index (χ2n) is 3.85. The van der Waals surface area contributed by atoms with Gasteiger partial charge in [-0.3, -0.25) is 14.9 Å². The van der Waals surface area contributed by atoms with E-state index in [1.54, 1.807) is 14.0 Å². The lowest BCUT2D eigenvalue weighted by Gasteiger charge is -2.12. The first kappa shape index (κ1) is 14.8. The third kappa shape index (κ3) is 3.88. The molecule has 1 amide bonds. The summed E-state index contributed by atoms with van der Waals surface area (Å²) in [5.74, 6) is -0.155. The second-order valence-corrected chi connectivity index (χ2v) is 3.85. The van der Waals surface area contributed by atoms with Crippen LogP contribution in [0.1, 0.15) is 17.3 Å². The number of hydrogen-bond acceptors (Lipinski definition) is 6. The fourth-order valence-corrected chi connectivity index (χ4v) is 1.34. The Morgan fingerprint density at radius 2 is 2.32 bits per heavy atom. The Kier molecular flexibility index (Phi) is 5.19. The molecule has 0 aromatic carbocycles. The quantitative estimate of drug-likeness (QED) is 0.583. The van der Waals surface area contributed by atoms with E-state index in [9.17, 15) is 14.9 Å². The third-order valence-electron chi connectivity index (χ3n) is 2.52. The lowest BCUT2D eigenvalue weighted by Crippen LogP contribution is -2.32. The van der Waals surface area contributed by atoms with Crippen LogP contribution in [0.25, 0.3) is 0 Å². The van der Waals surface area contributed by atoms with E-state index in [0.717, 1.165) is 6.20 Å². The van der Waals surface area contributed by atoms with Gasteiger partial charge in [-0.05, 0) is 6.92 Å². The second kappa shape index (κ2) is 6.64. The molecule has 1 heterocycles. The van der Waals surface area contributed by atoms with Gasteiger partial charge in [0, 0.05) is 26.8 Å². The van der Waals surface area contributed by atoms with E-state index >= 15 is 0 Å². The molecule has 0 aliphatic carbocycles. The van der Waals surface area contributed by atoms with Crippen molar-refractivity contribution in [3.8, 4) is 0 Å². The molecule has 1 aromatic rings. The summed E-state index contributed by atoms with van der Waals surface area (Å²) >= 11 is 0. The molecule has 0 saturated carbocycles. The van der Waals surface area contributed by atoms with Crippen LogP contribution in [-0.2, 0) is 4.74 Å². The van der Waals surface area contributed by atoms with Crippen LogP contribution in [0.5, 0.6) is 0 Å². The third-order valence-corrected chi connectivity index (χ3v) is 2.52. The van der Waals surface area contributed by atoms with Crippen LogP contribution in [0.3, 0.4) is 0 Å². The standard InChI is InChI=1S/C11H16N4O4/c1-7(19-3)5-14-11(16)9-4-8(15(17)18)6-13-10(9)12-2/h4,6-7H,5H2,1-3H3,(H,12,13)(H,14,16). The zero-order valence-electron chi connectivity index (χ0n) is 11.0. The highest BCUT2D eigenvalue weighted by Gasteiger charge is 2.17. The molecule has 0 radical (unpaired) electrons. The zero-order chi connectivity index (χ0) is 14.4. The highest BCUT2D eigenvalue weighted by atomic mass is 16.6. The molecule has 2 N–H and O–H groups in total. The van der Waals surface area contributed by atoms with E-state index in [1.807, 2.05) is 0 Å². The van der Waals surface area contributed by atoms with Gasteiger partial charge in [-0.2, -0.15) is 0 Å². The van der Waals surface area contributed by atoms with Crippen LogP contribution in [0, 0.1) is 10.1 Å². The molecule has 8 nitrogen and oxygen atoms in total. The number of pyridine rings is 1. The van der Waals surface area contributed by atoms with E-state index in [1.165, 1.54) is 13.2 Å². The lowest BCUT2D eigenvalue weighted by atomic mass is 10.2. The molecular weight excluding hydrogens is 252 g/mol. The maximum absolute atomic E-state index is 12.0. The van der Waals surface area contributed by atoms with Gasteiger partial charge in [-0.15, -0.1) is 0 Å². The number of hydrogen-bond donors (Lipinski definition) is 2. The van der Waals surface area contributed by atoms with Crippen LogP contribution in [-0.4, -0.2) is 42.6 Å². The minimum absolute atomic E-state index is 0.125. The number of methoxy groups -OCH3 is 1. The maximum atomic E-state index is 12.0. The van der Waals surface area contributed by atoms with Crippen molar-refractivity contribution in [3.05, 3.63) is 27.9 Å². The van der Waals surface area contributed by atoms with Crippen molar-refractivity contribution in [2.24, 2.45) is 0 Å². The summed E-state index contributed by atoms with van der Waals surface area (Å²) in [5, 5.41) is 16.0. The van der Waals surface area contributed by atoms with Gasteiger partial charge >= 0.3 is 0 Å². The summed E-state index contributed by atoms with van der Waals surface area (Å²) in [7, 11) is 3.12. The maximum Gasteiger partial charge on any atom is 0.288 e. The van der Waals surface area contributed by atoms with Gasteiger partial charge in [0.2, 0.25) is 0 Å². The van der Waals surface area contributed by atoms with Crippen LogP contribution in [0.15, 0.2) is 12.3 Å². The molecule has 1 aromatic heterocycles. The molecule has 1 atom stereocenters. The van der Waals surface area contributed by atoms with Gasteiger partial charge in [0.15, 0.2) is 0 Å². The van der Waals surface area contributed by atoms with Crippen molar-refractivity contribution in [1.82, 2.24) is 10.3 Å². The van der Waals surface area contributed by atoms with Crippen LogP contribution in [0.4, 0.5) is 11.5 Å². The van der Waals surface area contributed by atoms with Crippen LogP contribution < -0.4 is 10.6 Å². The molecule has 1 unspecified atom stereocenters. The first-order valence-corrected chi connectivity index (χ1v) is 5.62. The van der Waals surface area contributed by atoms with Crippen LogP contribution >= 0.6 is 0 Å². The van der Waals surface area contributed by atoms with Crippen molar-refractivity contribution in [2.45, 2.75) is 13.0 Å². The van der Waals surface area contributed by atoms with Crippen molar-refractivity contribution in [1.29, 1.82) is 0 Å². The summed E-state index contributed by atoms with van der Waals surface area (Å²) in [4.78, 5) is 25.9. The smallest absolute Gasteiger partial charge is 0.288 e. The molecular formula is C11H16N4O4. The minimum atomic E-state index is -0.596. The summed E-state index contributed by atoms with van der Waals surface area (Å²) < 4.78 is 5.00. The molecule has 1 rings (SSSR count). The lowest BCUT2D eigenvalue weighted by molar-refractivity contribution is -0.385. The van der Waals surface area contributed by atoms with Crippen LogP contribution in [0.2, 0.25) is 0 Å². The molecule has 0 spiro atoms. The number of rotatable bonds is 6. The number of nitro groups is 1. The number of ether oxygens (including phenoxy) is 1. The molecule has 0 aliphatic rings. The molecule has 0 fully saturated rings. The number of nitrogens with one attached hydrogen (secondary N) is 2. The highest BCUT2D eigenvalue weighted by molar-refractivity contribution is 5.99. The van der Waals surface area contributed by atoms with Crippen molar-refractivity contribution < 1.29 is 14.5 Å². The largest absolute Gasteiger partial charge is 0.380 e. The highest BCUT2D eigenvalue weighted by Crippen LogP contribution is 2.18. The topological polar surface area (TPSA) is 106 Å². The number of anilines is 1. The number of nitrogens with zero attached hydrogens (tertiary/aromatic N) is 2. The van der Waals surface area contributed by atoms with Gasteiger partial charge < -0.3 is 15.4 Å². The number of amides is 1. The van der Waals surface area contributed by atoms with Gasteiger partial charge in [-0.1, -0.05) is 0 Å².